The first-order chi connectivity index (χ1) is 4.20. The minimum atomic E-state index is 0. The molecule has 1 aromatic heterocycles. The van der Waals surface area contributed by atoms with E-state index >= 15 is 0 Å². The maximum atomic E-state index is 5.59. The summed E-state index contributed by atoms with van der Waals surface area (Å²) in [6, 6.07) is 1.60. The first-order valence-electron chi connectivity index (χ1n) is 2.30. The number of thiol groups is 1. The summed E-state index contributed by atoms with van der Waals surface area (Å²) in [6.45, 7) is 0. The monoisotopic (exact) mass is 184 g/mol. The fourth-order valence-electron chi connectivity index (χ4n) is 0.444. The Morgan fingerprint density at radius 3 is 2.60 bits per heavy atom. The van der Waals surface area contributed by atoms with Gasteiger partial charge >= 0.3 is 29.6 Å². The maximum absolute atomic E-state index is 5.59. The van der Waals surface area contributed by atoms with Crippen molar-refractivity contribution in [3.8, 4) is 0 Å². The van der Waals surface area contributed by atoms with Crippen molar-refractivity contribution in [1.29, 1.82) is 0 Å². The zero-order valence-electron chi connectivity index (χ0n) is 4.50. The summed E-state index contributed by atoms with van der Waals surface area (Å²) in [5.41, 5.74) is 5.31. The summed E-state index contributed by atoms with van der Waals surface area (Å²) >= 11 is 9.60. The number of anilines is 1. The van der Waals surface area contributed by atoms with Gasteiger partial charge in [0.2, 0.25) is 0 Å². The second kappa shape index (κ2) is 4.46. The van der Waals surface area contributed by atoms with Gasteiger partial charge in [-0.2, -0.15) is 0 Å². The number of aromatic nitrogens is 1. The van der Waals surface area contributed by atoms with E-state index in [0.29, 0.717) is 15.7 Å². The molecule has 0 radical (unpaired) electrons. The number of nitrogens with two attached hydrogens (primary N) is 1. The summed E-state index contributed by atoms with van der Waals surface area (Å²) in [4.78, 5) is 4.39. The Morgan fingerprint density at radius 2 is 2.20 bits per heavy atom. The number of pyridine rings is 1. The number of nitrogen functional groups attached to an aromatic ring is 1. The summed E-state index contributed by atoms with van der Waals surface area (Å²) in [5.74, 6) is 0.435. The molecule has 2 nitrogen and oxygen atoms in total. The average Bonchev–Trinajstić information content (AvgIpc) is 1.80. The van der Waals surface area contributed by atoms with Crippen molar-refractivity contribution < 1.29 is 0 Å². The molecule has 0 aromatic carbocycles. The van der Waals surface area contributed by atoms with Gasteiger partial charge in [0, 0.05) is 11.1 Å². The van der Waals surface area contributed by atoms with Gasteiger partial charge in [0.15, 0.2) is 0 Å². The van der Waals surface area contributed by atoms with Crippen LogP contribution >= 0.6 is 24.2 Å². The van der Waals surface area contributed by atoms with E-state index in [2.05, 4.69) is 17.6 Å². The summed E-state index contributed by atoms with van der Waals surface area (Å²) in [5, 5.41) is 0.521. The van der Waals surface area contributed by atoms with Crippen molar-refractivity contribution in [2.24, 2.45) is 0 Å². The predicted molar refractivity (Wildman–Crippen MR) is 48.1 cm³/mol. The number of halogens is 1. The van der Waals surface area contributed by atoms with Crippen LogP contribution in [-0.2, 0) is 0 Å². The van der Waals surface area contributed by atoms with Gasteiger partial charge in [0.1, 0.15) is 5.82 Å². The summed E-state index contributed by atoms with van der Waals surface area (Å²) in [7, 11) is 0. The molecule has 0 saturated carbocycles. The van der Waals surface area contributed by atoms with Gasteiger partial charge in [0.25, 0.3) is 0 Å². The molecule has 0 saturated heterocycles. The van der Waals surface area contributed by atoms with E-state index in [-0.39, 0.29) is 29.6 Å². The van der Waals surface area contributed by atoms with Crippen LogP contribution in [0.3, 0.4) is 0 Å². The van der Waals surface area contributed by atoms with E-state index in [1.54, 1.807) is 6.07 Å². The van der Waals surface area contributed by atoms with Crippen molar-refractivity contribution in [3.05, 3.63) is 17.3 Å². The van der Waals surface area contributed by atoms with Crippen molar-refractivity contribution in [3.63, 3.8) is 0 Å². The van der Waals surface area contributed by atoms with Crippen LogP contribution in [0.15, 0.2) is 17.2 Å². The summed E-state index contributed by atoms with van der Waals surface area (Å²) < 4.78 is 0. The molecule has 0 spiro atoms. The quantitative estimate of drug-likeness (QED) is 0.466. The van der Waals surface area contributed by atoms with Crippen molar-refractivity contribution >= 4 is 59.6 Å². The van der Waals surface area contributed by atoms with Gasteiger partial charge in [-0.1, -0.05) is 11.6 Å². The van der Waals surface area contributed by atoms with Gasteiger partial charge < -0.3 is 5.73 Å². The molecule has 0 fully saturated rings. The second-order valence-corrected chi connectivity index (χ2v) is 2.45. The minimum absolute atomic E-state index is 0. The number of hydrogen-bond acceptors (Lipinski definition) is 3. The standard InChI is InChI=1S/C5H5ClN2S.Na.H/c6-3-2-8-5(7)1-4(3)9;;/h1-2H,(H3,7,8,9);;. The SMILES string of the molecule is Nc1cc(S)c(Cl)cn1.[NaH]. The Morgan fingerprint density at radius 1 is 1.60 bits per heavy atom. The van der Waals surface area contributed by atoms with Crippen LogP contribution in [0, 0.1) is 0 Å². The molecule has 0 atom stereocenters. The Labute approximate surface area is 91.9 Å². The molecule has 0 aliphatic carbocycles. The topological polar surface area (TPSA) is 38.9 Å². The third kappa shape index (κ3) is 2.68. The zero-order chi connectivity index (χ0) is 6.85. The summed E-state index contributed by atoms with van der Waals surface area (Å²) in [6.07, 6.45) is 1.47. The van der Waals surface area contributed by atoms with Crippen molar-refractivity contribution in [2.75, 3.05) is 5.73 Å². The van der Waals surface area contributed by atoms with Crippen molar-refractivity contribution in [1.82, 2.24) is 4.98 Å². The van der Waals surface area contributed by atoms with Gasteiger partial charge in [0.05, 0.1) is 5.02 Å². The molecule has 0 unspecified atom stereocenters. The molecule has 1 rings (SSSR count). The van der Waals surface area contributed by atoms with Gasteiger partial charge in [-0.25, -0.2) is 4.98 Å². The molecule has 0 amide bonds. The molecule has 2 N–H and O–H groups in total. The van der Waals surface area contributed by atoms with Gasteiger partial charge in [-0.05, 0) is 6.07 Å². The molecular weight excluding hydrogens is 179 g/mol. The van der Waals surface area contributed by atoms with E-state index < -0.39 is 0 Å². The van der Waals surface area contributed by atoms with Crippen LogP contribution in [0.1, 0.15) is 0 Å². The zero-order valence-corrected chi connectivity index (χ0v) is 6.15. The molecule has 5 heteroatoms. The molecule has 0 aliphatic rings. The normalized spacial score (nSPS) is 8.60. The Hall–Kier alpha value is 0.590. The predicted octanol–water partition coefficient (Wildman–Crippen LogP) is 0.957. The van der Waals surface area contributed by atoms with Crippen LogP contribution in [0.25, 0.3) is 0 Å². The molecule has 10 heavy (non-hydrogen) atoms. The third-order valence-corrected chi connectivity index (χ3v) is 1.66. The Bertz CT molecular complexity index is 231. The van der Waals surface area contributed by atoms with Gasteiger partial charge in [-0.3, -0.25) is 0 Å². The number of rotatable bonds is 0. The molecular formula is C5H6ClN2NaS. The van der Waals surface area contributed by atoms with E-state index in [4.69, 9.17) is 17.3 Å². The van der Waals surface area contributed by atoms with Gasteiger partial charge in [-0.15, -0.1) is 12.6 Å². The van der Waals surface area contributed by atoms with Crippen molar-refractivity contribution in [2.45, 2.75) is 4.90 Å². The van der Waals surface area contributed by atoms with E-state index in [9.17, 15) is 0 Å². The Kier molecular flexibility index (Phi) is 4.73. The molecule has 1 aromatic rings. The molecule has 0 bridgehead atoms. The van der Waals surface area contributed by atoms with Crippen LogP contribution in [0.2, 0.25) is 5.02 Å². The fraction of sp³-hybridized carbons (Fsp3) is 0. The molecule has 0 aliphatic heterocycles. The fourth-order valence-corrected chi connectivity index (χ4v) is 0.737. The third-order valence-electron chi connectivity index (χ3n) is 0.856. The van der Waals surface area contributed by atoms with E-state index in [0.717, 1.165) is 0 Å². The Balaban J connectivity index is 0.000000810. The van der Waals surface area contributed by atoms with E-state index in [1.807, 2.05) is 0 Å². The number of hydrogen-bond donors (Lipinski definition) is 2. The molecule has 1 heterocycles. The van der Waals surface area contributed by atoms with Crippen LogP contribution < -0.4 is 5.73 Å². The first-order valence-corrected chi connectivity index (χ1v) is 3.12. The number of nitrogens with zero attached hydrogens (tertiary/aromatic N) is 1. The van der Waals surface area contributed by atoms with Crippen LogP contribution in [0.4, 0.5) is 5.82 Å². The second-order valence-electron chi connectivity index (χ2n) is 1.56. The molecule has 50 valence electrons. The van der Waals surface area contributed by atoms with Crippen LogP contribution in [-0.4, -0.2) is 34.5 Å². The first kappa shape index (κ1) is 10.6. The van der Waals surface area contributed by atoms with Crippen LogP contribution in [0.5, 0.6) is 0 Å². The average molecular weight is 185 g/mol. The van der Waals surface area contributed by atoms with E-state index in [1.165, 1.54) is 6.20 Å².